The summed E-state index contributed by atoms with van der Waals surface area (Å²) in [6, 6.07) is 2.29. The molecule has 9 heteroatoms. The first-order valence-corrected chi connectivity index (χ1v) is 6.62. The van der Waals surface area contributed by atoms with Crippen LogP contribution in [0.25, 0.3) is 0 Å². The topological polar surface area (TPSA) is 101 Å². The molecular weight excluding hydrogens is 278 g/mol. The van der Waals surface area contributed by atoms with E-state index in [9.17, 15) is 17.2 Å². The Balaban J connectivity index is 2.35. The van der Waals surface area contributed by atoms with Gasteiger partial charge in [-0.3, -0.25) is 9.82 Å². The van der Waals surface area contributed by atoms with Gasteiger partial charge in [0.25, 0.3) is 10.0 Å². The van der Waals surface area contributed by atoms with Gasteiger partial charge in [-0.25, -0.2) is 17.2 Å². The lowest BCUT2D eigenvalue weighted by molar-refractivity contribution is 0.504. The fourth-order valence-electron chi connectivity index (χ4n) is 1.39. The molecule has 0 saturated heterocycles. The van der Waals surface area contributed by atoms with Crippen LogP contribution in [0, 0.1) is 11.6 Å². The van der Waals surface area contributed by atoms with Gasteiger partial charge in [-0.15, -0.1) is 0 Å². The third kappa shape index (κ3) is 2.71. The van der Waals surface area contributed by atoms with Gasteiger partial charge < -0.3 is 5.73 Å². The summed E-state index contributed by atoms with van der Waals surface area (Å²) >= 11 is 0. The van der Waals surface area contributed by atoms with Crippen molar-refractivity contribution in [3.63, 3.8) is 0 Å². The second-order valence-electron chi connectivity index (χ2n) is 3.66. The van der Waals surface area contributed by atoms with E-state index in [1.807, 2.05) is 0 Å². The lowest BCUT2D eigenvalue weighted by Crippen LogP contribution is -2.15. The molecule has 0 aliphatic heterocycles. The van der Waals surface area contributed by atoms with Crippen molar-refractivity contribution in [2.45, 2.75) is 11.4 Å². The fraction of sp³-hybridized carbons (Fsp3) is 0.100. The van der Waals surface area contributed by atoms with Gasteiger partial charge in [0, 0.05) is 12.1 Å². The Kier molecular flexibility index (Phi) is 3.49. The summed E-state index contributed by atoms with van der Waals surface area (Å²) in [5.74, 6) is -2.28. The molecule has 4 N–H and O–H groups in total. The van der Waals surface area contributed by atoms with Crippen LogP contribution in [0.1, 0.15) is 5.56 Å². The molecule has 1 heterocycles. The standard InChI is InChI=1S/C10H10F2N4O2S/c11-8-2-1-7(3-9(8)12)19(17,18)16-10-6(4-13)5-14-15-10/h1-3,5H,4,13H2,(H2,14,15,16). The predicted octanol–water partition coefficient (Wildman–Crippen LogP) is 0.947. The maximum Gasteiger partial charge on any atom is 0.263 e. The first kappa shape index (κ1) is 13.4. The van der Waals surface area contributed by atoms with Crippen molar-refractivity contribution >= 4 is 15.8 Å². The first-order valence-electron chi connectivity index (χ1n) is 5.14. The number of sulfonamides is 1. The van der Waals surface area contributed by atoms with Crippen molar-refractivity contribution < 1.29 is 17.2 Å². The minimum atomic E-state index is -4.04. The van der Waals surface area contributed by atoms with Crippen LogP contribution in [0.2, 0.25) is 0 Å². The first-order chi connectivity index (χ1) is 8.94. The van der Waals surface area contributed by atoms with Crippen molar-refractivity contribution in [1.29, 1.82) is 0 Å². The lowest BCUT2D eigenvalue weighted by Gasteiger charge is -2.07. The van der Waals surface area contributed by atoms with Crippen molar-refractivity contribution in [2.24, 2.45) is 5.73 Å². The van der Waals surface area contributed by atoms with E-state index in [0.29, 0.717) is 11.6 Å². The van der Waals surface area contributed by atoms with Gasteiger partial charge in [-0.2, -0.15) is 5.10 Å². The highest BCUT2D eigenvalue weighted by Crippen LogP contribution is 2.18. The van der Waals surface area contributed by atoms with E-state index >= 15 is 0 Å². The minimum Gasteiger partial charge on any atom is -0.326 e. The van der Waals surface area contributed by atoms with Crippen LogP contribution in [-0.4, -0.2) is 18.6 Å². The number of aromatic nitrogens is 2. The van der Waals surface area contributed by atoms with Crippen LogP contribution < -0.4 is 10.5 Å². The largest absolute Gasteiger partial charge is 0.326 e. The molecule has 0 fully saturated rings. The van der Waals surface area contributed by atoms with Crippen LogP contribution in [0.15, 0.2) is 29.3 Å². The van der Waals surface area contributed by atoms with E-state index in [1.165, 1.54) is 6.20 Å². The number of H-pyrrole nitrogens is 1. The number of nitrogens with two attached hydrogens (primary N) is 1. The molecule has 0 aliphatic rings. The Hall–Kier alpha value is -2.00. The molecule has 1 aromatic carbocycles. The number of anilines is 1. The molecule has 0 atom stereocenters. The summed E-state index contributed by atoms with van der Waals surface area (Å²) in [5, 5.41) is 6.06. The Morgan fingerprint density at radius 2 is 2.05 bits per heavy atom. The van der Waals surface area contributed by atoms with Gasteiger partial charge in [0.15, 0.2) is 11.6 Å². The molecular formula is C10H10F2N4O2S. The highest BCUT2D eigenvalue weighted by Gasteiger charge is 2.18. The van der Waals surface area contributed by atoms with Gasteiger partial charge in [0.05, 0.1) is 11.1 Å². The highest BCUT2D eigenvalue weighted by molar-refractivity contribution is 7.92. The van der Waals surface area contributed by atoms with Crippen molar-refractivity contribution in [3.05, 3.63) is 41.6 Å². The Morgan fingerprint density at radius 1 is 1.32 bits per heavy atom. The Morgan fingerprint density at radius 3 is 2.68 bits per heavy atom. The number of benzene rings is 1. The monoisotopic (exact) mass is 288 g/mol. The molecule has 6 nitrogen and oxygen atoms in total. The van der Waals surface area contributed by atoms with Crippen LogP contribution in [0.4, 0.5) is 14.6 Å². The zero-order chi connectivity index (χ0) is 14.0. The van der Waals surface area contributed by atoms with Gasteiger partial charge in [0.2, 0.25) is 0 Å². The van der Waals surface area contributed by atoms with Gasteiger partial charge in [-0.1, -0.05) is 0 Å². The molecule has 0 aliphatic carbocycles. The van der Waals surface area contributed by atoms with Crippen LogP contribution in [0.3, 0.4) is 0 Å². The molecule has 0 bridgehead atoms. The number of rotatable bonds is 4. The number of hydrogen-bond acceptors (Lipinski definition) is 4. The van der Waals surface area contributed by atoms with Crippen LogP contribution >= 0.6 is 0 Å². The molecule has 0 radical (unpaired) electrons. The smallest absolute Gasteiger partial charge is 0.263 e. The van der Waals surface area contributed by atoms with E-state index in [1.54, 1.807) is 0 Å². The second kappa shape index (κ2) is 4.94. The average molecular weight is 288 g/mol. The van der Waals surface area contributed by atoms with Crippen LogP contribution in [0.5, 0.6) is 0 Å². The number of nitrogens with zero attached hydrogens (tertiary/aromatic N) is 1. The molecule has 0 unspecified atom stereocenters. The summed E-state index contributed by atoms with van der Waals surface area (Å²) in [4.78, 5) is -0.399. The molecule has 19 heavy (non-hydrogen) atoms. The summed E-state index contributed by atoms with van der Waals surface area (Å²) in [6.45, 7) is 0.0755. The predicted molar refractivity (Wildman–Crippen MR) is 63.6 cm³/mol. The van der Waals surface area contributed by atoms with E-state index < -0.39 is 26.6 Å². The van der Waals surface area contributed by atoms with Crippen molar-refractivity contribution in [3.8, 4) is 0 Å². The molecule has 0 spiro atoms. The van der Waals surface area contributed by atoms with Crippen molar-refractivity contribution in [2.75, 3.05) is 4.72 Å². The second-order valence-corrected chi connectivity index (χ2v) is 5.34. The van der Waals surface area contributed by atoms with E-state index in [4.69, 9.17) is 5.73 Å². The minimum absolute atomic E-state index is 0.0755. The quantitative estimate of drug-likeness (QED) is 0.779. The van der Waals surface area contributed by atoms with Crippen LogP contribution in [-0.2, 0) is 16.6 Å². The summed E-state index contributed by atoms with van der Waals surface area (Å²) in [7, 11) is -4.04. The van der Waals surface area contributed by atoms with Gasteiger partial charge in [0.1, 0.15) is 5.82 Å². The number of aromatic amines is 1. The van der Waals surface area contributed by atoms with E-state index in [-0.39, 0.29) is 12.4 Å². The maximum atomic E-state index is 13.0. The van der Waals surface area contributed by atoms with E-state index in [0.717, 1.165) is 12.1 Å². The molecule has 0 amide bonds. The Labute approximate surface area is 107 Å². The Bertz CT molecular complexity index is 699. The highest BCUT2D eigenvalue weighted by atomic mass is 32.2. The third-order valence-electron chi connectivity index (χ3n) is 2.38. The normalized spacial score (nSPS) is 11.5. The lowest BCUT2D eigenvalue weighted by atomic mass is 10.3. The molecule has 2 aromatic rings. The van der Waals surface area contributed by atoms with Gasteiger partial charge in [-0.05, 0) is 18.2 Å². The molecule has 2 rings (SSSR count). The SMILES string of the molecule is NCc1cn[nH]c1NS(=O)(=O)c1ccc(F)c(F)c1. The maximum absolute atomic E-state index is 13.0. The third-order valence-corrected chi connectivity index (χ3v) is 3.72. The zero-order valence-electron chi connectivity index (χ0n) is 9.52. The molecule has 102 valence electrons. The fourth-order valence-corrected chi connectivity index (χ4v) is 2.46. The van der Waals surface area contributed by atoms with E-state index in [2.05, 4.69) is 14.9 Å². The van der Waals surface area contributed by atoms with Crippen molar-refractivity contribution in [1.82, 2.24) is 10.2 Å². The number of hydrogen-bond donors (Lipinski definition) is 3. The number of halogens is 2. The van der Waals surface area contributed by atoms with Gasteiger partial charge >= 0.3 is 0 Å². The average Bonchev–Trinajstić information content (AvgIpc) is 2.79. The number of nitrogens with one attached hydrogen (secondary N) is 2. The summed E-state index contributed by atoms with van der Waals surface area (Å²) in [5.41, 5.74) is 5.84. The zero-order valence-corrected chi connectivity index (χ0v) is 10.3. The molecule has 0 saturated carbocycles. The molecule has 1 aromatic heterocycles. The summed E-state index contributed by atoms with van der Waals surface area (Å²) in [6.07, 6.45) is 1.36. The summed E-state index contributed by atoms with van der Waals surface area (Å²) < 4.78 is 51.8.